The number of rotatable bonds is 2. The molecule has 106 valence electrons. The normalized spacial score (nSPS) is 39.0. The summed E-state index contributed by atoms with van der Waals surface area (Å²) in [5.74, 6) is -2.52. The Hall–Kier alpha value is 0.0500. The summed E-state index contributed by atoms with van der Waals surface area (Å²) in [4.78, 5) is 36.5. The van der Waals surface area contributed by atoms with Crippen LogP contribution < -0.4 is 0 Å². The van der Waals surface area contributed by atoms with Gasteiger partial charge in [0.15, 0.2) is 11.0 Å². The van der Waals surface area contributed by atoms with E-state index in [1.807, 2.05) is 0 Å². The van der Waals surface area contributed by atoms with Crippen molar-refractivity contribution in [2.24, 2.45) is 10.8 Å². The molecule has 0 radical (unpaired) electrons. The predicted molar refractivity (Wildman–Crippen MR) is 76.7 cm³/mol. The van der Waals surface area contributed by atoms with Crippen LogP contribution in [-0.2, 0) is 19.1 Å². The third kappa shape index (κ3) is 1.48. The minimum Gasteiger partial charge on any atom is -0.480 e. The van der Waals surface area contributed by atoms with Crippen molar-refractivity contribution in [3.8, 4) is 0 Å². The van der Waals surface area contributed by atoms with E-state index in [1.54, 1.807) is 13.8 Å². The number of carbonyl (C=O) groups is 3. The molecule has 0 spiro atoms. The molecule has 2 bridgehead atoms. The average Bonchev–Trinajstić information content (AvgIpc) is 2.40. The molecule has 2 atom stereocenters. The van der Waals surface area contributed by atoms with E-state index in [0.29, 0.717) is 0 Å². The Bertz CT molecular complexity index is 501. The van der Waals surface area contributed by atoms with Crippen LogP contribution >= 0.6 is 47.8 Å². The number of fused-ring (bicyclic) bond motifs is 2. The van der Waals surface area contributed by atoms with Crippen molar-refractivity contribution < 1.29 is 24.2 Å². The van der Waals surface area contributed by atoms with Crippen molar-refractivity contribution in [1.82, 2.24) is 0 Å². The van der Waals surface area contributed by atoms with Crippen LogP contribution in [-0.4, -0.2) is 37.0 Å². The molecule has 0 aromatic carbocycles. The fraction of sp³-hybridized carbons (Fsp3) is 0.727. The minimum atomic E-state index is -1.76. The topological polar surface area (TPSA) is 80.7 Å². The summed E-state index contributed by atoms with van der Waals surface area (Å²) in [6, 6.07) is 0. The number of esters is 1. The van der Waals surface area contributed by atoms with E-state index in [2.05, 4.69) is 47.8 Å². The summed E-state index contributed by atoms with van der Waals surface area (Å²) in [5, 5.41) is 9.63. The Morgan fingerprint density at radius 2 is 1.89 bits per heavy atom. The zero-order valence-corrected chi connectivity index (χ0v) is 14.9. The smallest absolute Gasteiger partial charge is 0.325 e. The van der Waals surface area contributed by atoms with Gasteiger partial charge in [-0.15, -0.1) is 0 Å². The molecule has 2 fully saturated rings. The Morgan fingerprint density at radius 3 is 2.32 bits per heavy atom. The van der Waals surface area contributed by atoms with E-state index in [9.17, 15) is 19.5 Å². The SMILES string of the molecule is CC1(C)C2(CBr)OC(=O)C1(C(=O)O)CC(Br)(Br)C2=O. The van der Waals surface area contributed by atoms with Crippen LogP contribution in [0.3, 0.4) is 0 Å². The number of carboxylic acids is 1. The lowest BCUT2D eigenvalue weighted by Gasteiger charge is -2.49. The molecule has 5 nitrogen and oxygen atoms in total. The molecule has 1 heterocycles. The molecule has 1 aliphatic carbocycles. The number of Topliss-reactive ketones (excluding diaryl/α,β-unsaturated/α-hetero) is 1. The number of halogens is 3. The molecule has 0 amide bonds. The van der Waals surface area contributed by atoms with Crippen LogP contribution in [0.2, 0.25) is 0 Å². The van der Waals surface area contributed by atoms with Crippen molar-refractivity contribution in [2.45, 2.75) is 29.1 Å². The second-order valence-corrected chi connectivity index (χ2v) is 9.73. The van der Waals surface area contributed by atoms with Crippen molar-refractivity contribution in [2.75, 3.05) is 5.33 Å². The fourth-order valence-electron chi connectivity index (χ4n) is 2.99. The zero-order valence-electron chi connectivity index (χ0n) is 10.1. The Labute approximate surface area is 134 Å². The maximum atomic E-state index is 12.6. The van der Waals surface area contributed by atoms with Crippen LogP contribution in [0.1, 0.15) is 20.3 Å². The van der Waals surface area contributed by atoms with Gasteiger partial charge in [-0.05, 0) is 0 Å². The molecule has 1 saturated heterocycles. The zero-order chi connectivity index (χ0) is 14.9. The molecule has 2 unspecified atom stereocenters. The van der Waals surface area contributed by atoms with Gasteiger partial charge in [0.05, 0.1) is 5.33 Å². The standard InChI is InChI=1S/C11H11Br3O5/c1-8(2)9(6(16)17)3-11(13,14)5(15)10(8,4-12)19-7(9)18/h3-4H2,1-2H3,(H,16,17). The molecular weight excluding hydrogens is 452 g/mol. The molecule has 1 saturated carbocycles. The highest BCUT2D eigenvalue weighted by Crippen LogP contribution is 2.67. The number of hydrogen-bond donors (Lipinski definition) is 1. The molecule has 8 heteroatoms. The lowest BCUT2D eigenvalue weighted by Crippen LogP contribution is -2.66. The third-order valence-electron chi connectivity index (χ3n) is 4.43. The summed E-state index contributed by atoms with van der Waals surface area (Å²) in [6.45, 7) is 3.17. The summed E-state index contributed by atoms with van der Waals surface area (Å²) in [7, 11) is 0. The van der Waals surface area contributed by atoms with Gasteiger partial charge >= 0.3 is 11.9 Å². The highest BCUT2D eigenvalue weighted by Gasteiger charge is 2.82. The lowest BCUT2D eigenvalue weighted by molar-refractivity contribution is -0.165. The second kappa shape index (κ2) is 4.04. The van der Waals surface area contributed by atoms with E-state index < -0.39 is 31.6 Å². The third-order valence-corrected chi connectivity index (χ3v) is 6.50. The Kier molecular flexibility index (Phi) is 3.28. The van der Waals surface area contributed by atoms with Gasteiger partial charge in [0.2, 0.25) is 5.78 Å². The second-order valence-electron chi connectivity index (χ2n) is 5.40. The maximum absolute atomic E-state index is 12.6. The van der Waals surface area contributed by atoms with Crippen LogP contribution in [0.5, 0.6) is 0 Å². The van der Waals surface area contributed by atoms with Crippen LogP contribution in [0.25, 0.3) is 0 Å². The molecular formula is C11H11Br3O5. The molecule has 2 aliphatic rings. The number of ether oxygens (including phenoxy) is 1. The predicted octanol–water partition coefficient (Wildman–Crippen LogP) is 2.23. The molecule has 19 heavy (non-hydrogen) atoms. The molecule has 0 aromatic heterocycles. The van der Waals surface area contributed by atoms with Gasteiger partial charge in [-0.3, -0.25) is 14.4 Å². The van der Waals surface area contributed by atoms with Gasteiger partial charge in [-0.2, -0.15) is 0 Å². The monoisotopic (exact) mass is 460 g/mol. The molecule has 2 rings (SSSR count). The van der Waals surface area contributed by atoms with E-state index in [0.717, 1.165) is 0 Å². The van der Waals surface area contributed by atoms with Crippen LogP contribution in [0.4, 0.5) is 0 Å². The van der Waals surface area contributed by atoms with Crippen molar-refractivity contribution in [1.29, 1.82) is 0 Å². The first-order valence-corrected chi connectivity index (χ1v) is 8.16. The van der Waals surface area contributed by atoms with Gasteiger partial charge in [0.25, 0.3) is 0 Å². The Morgan fingerprint density at radius 1 is 1.37 bits per heavy atom. The molecule has 1 aliphatic heterocycles. The number of alkyl halides is 3. The largest absolute Gasteiger partial charge is 0.480 e. The van der Waals surface area contributed by atoms with Gasteiger partial charge in [-0.25, -0.2) is 0 Å². The minimum absolute atomic E-state index is 0.0472. The molecule has 0 aromatic rings. The Balaban J connectivity index is 2.80. The van der Waals surface area contributed by atoms with E-state index in [-0.39, 0.29) is 17.5 Å². The van der Waals surface area contributed by atoms with E-state index in [4.69, 9.17) is 4.74 Å². The lowest BCUT2D eigenvalue weighted by atomic mass is 9.53. The number of aliphatic carboxylic acids is 1. The summed E-state index contributed by atoms with van der Waals surface area (Å²) >= 11 is 9.57. The highest BCUT2D eigenvalue weighted by molar-refractivity contribution is 9.26. The molecule has 1 N–H and O–H groups in total. The highest BCUT2D eigenvalue weighted by atomic mass is 79.9. The number of ketones is 1. The van der Waals surface area contributed by atoms with Gasteiger partial charge in [0.1, 0.15) is 3.23 Å². The fourth-order valence-corrected chi connectivity index (χ4v) is 5.54. The van der Waals surface area contributed by atoms with Gasteiger partial charge < -0.3 is 9.84 Å². The summed E-state index contributed by atoms with van der Waals surface area (Å²) in [6.07, 6.45) is -0.200. The maximum Gasteiger partial charge on any atom is 0.325 e. The van der Waals surface area contributed by atoms with Gasteiger partial charge in [-0.1, -0.05) is 61.6 Å². The van der Waals surface area contributed by atoms with E-state index in [1.165, 1.54) is 0 Å². The van der Waals surface area contributed by atoms with Crippen molar-refractivity contribution in [3.05, 3.63) is 0 Å². The quantitative estimate of drug-likeness (QED) is 0.387. The van der Waals surface area contributed by atoms with E-state index >= 15 is 0 Å². The summed E-state index contributed by atoms with van der Waals surface area (Å²) in [5.41, 5.74) is -4.43. The first kappa shape index (κ1) is 15.4. The van der Waals surface area contributed by atoms with Crippen LogP contribution in [0, 0.1) is 10.8 Å². The number of hydrogen-bond acceptors (Lipinski definition) is 4. The average molecular weight is 463 g/mol. The number of carbonyl (C=O) groups excluding carboxylic acids is 2. The number of carboxylic acid groups (broad SMARTS) is 1. The first-order valence-electron chi connectivity index (χ1n) is 5.45. The summed E-state index contributed by atoms with van der Waals surface area (Å²) < 4.78 is 3.99. The van der Waals surface area contributed by atoms with Gasteiger partial charge in [0, 0.05) is 11.8 Å². The van der Waals surface area contributed by atoms with Crippen molar-refractivity contribution >= 4 is 65.5 Å². The van der Waals surface area contributed by atoms with Crippen molar-refractivity contribution in [3.63, 3.8) is 0 Å². The van der Waals surface area contributed by atoms with Crippen LogP contribution in [0.15, 0.2) is 0 Å². The first-order chi connectivity index (χ1) is 8.49.